The van der Waals surface area contributed by atoms with E-state index in [2.05, 4.69) is 20.9 Å². The van der Waals surface area contributed by atoms with Gasteiger partial charge < -0.3 is 14.9 Å². The summed E-state index contributed by atoms with van der Waals surface area (Å²) in [5.74, 6) is -0.124. The van der Waals surface area contributed by atoms with Crippen LogP contribution in [0.25, 0.3) is 10.9 Å². The Morgan fingerprint density at radius 2 is 1.66 bits per heavy atom. The SMILES string of the molecule is Cc1cc(C(=O)N2CCN(C(=O)c3cccc(O)c3)CC2)c2cc(Br)ccc2n1. The molecule has 1 aliphatic rings. The molecule has 0 unspecified atom stereocenters. The predicted octanol–water partition coefficient (Wildman–Crippen LogP) is 3.61. The number of hydrogen-bond donors (Lipinski definition) is 1. The lowest BCUT2D eigenvalue weighted by molar-refractivity contribution is 0.0536. The highest BCUT2D eigenvalue weighted by atomic mass is 79.9. The largest absolute Gasteiger partial charge is 0.508 e. The van der Waals surface area contributed by atoms with Crippen molar-refractivity contribution >= 4 is 38.6 Å². The zero-order chi connectivity index (χ0) is 20.5. The van der Waals surface area contributed by atoms with Gasteiger partial charge in [-0.2, -0.15) is 0 Å². The maximum Gasteiger partial charge on any atom is 0.254 e. The van der Waals surface area contributed by atoms with E-state index in [0.717, 1.165) is 21.1 Å². The summed E-state index contributed by atoms with van der Waals surface area (Å²) in [6, 6.07) is 13.9. The second-order valence-electron chi connectivity index (χ2n) is 7.11. The van der Waals surface area contributed by atoms with Crippen LogP contribution in [0.15, 0.2) is 53.0 Å². The van der Waals surface area contributed by atoms with Gasteiger partial charge in [-0.25, -0.2) is 0 Å². The molecule has 3 aromatic rings. The van der Waals surface area contributed by atoms with E-state index in [1.165, 1.54) is 12.1 Å². The Balaban J connectivity index is 1.52. The number of amides is 2. The molecule has 0 saturated carbocycles. The van der Waals surface area contributed by atoms with Gasteiger partial charge in [0, 0.05) is 47.3 Å². The maximum absolute atomic E-state index is 13.2. The molecule has 0 aliphatic carbocycles. The molecular formula is C22H20BrN3O3. The van der Waals surface area contributed by atoms with E-state index in [1.807, 2.05) is 31.2 Å². The summed E-state index contributed by atoms with van der Waals surface area (Å²) in [5, 5.41) is 10.4. The Kier molecular flexibility index (Phi) is 5.24. The number of benzene rings is 2. The van der Waals surface area contributed by atoms with Crippen LogP contribution in [-0.2, 0) is 0 Å². The number of aromatic nitrogens is 1. The van der Waals surface area contributed by atoms with Crippen LogP contribution in [0.3, 0.4) is 0 Å². The normalized spacial score (nSPS) is 14.3. The molecule has 2 amide bonds. The number of hydrogen-bond acceptors (Lipinski definition) is 4. The molecule has 2 aromatic carbocycles. The number of nitrogens with zero attached hydrogens (tertiary/aromatic N) is 3. The van der Waals surface area contributed by atoms with Crippen molar-refractivity contribution in [2.24, 2.45) is 0 Å². The lowest BCUT2D eigenvalue weighted by atomic mass is 10.1. The quantitative estimate of drug-likeness (QED) is 0.642. The topological polar surface area (TPSA) is 73.7 Å². The van der Waals surface area contributed by atoms with E-state index in [1.54, 1.807) is 21.9 Å². The Morgan fingerprint density at radius 1 is 0.966 bits per heavy atom. The predicted molar refractivity (Wildman–Crippen MR) is 114 cm³/mol. The van der Waals surface area contributed by atoms with Gasteiger partial charge in [0.05, 0.1) is 11.1 Å². The molecule has 2 heterocycles. The minimum atomic E-state index is -0.137. The van der Waals surface area contributed by atoms with Crippen molar-refractivity contribution in [3.8, 4) is 5.75 Å². The number of aromatic hydroxyl groups is 1. The van der Waals surface area contributed by atoms with Gasteiger partial charge in [-0.1, -0.05) is 22.0 Å². The fourth-order valence-corrected chi connectivity index (χ4v) is 3.97. The van der Waals surface area contributed by atoms with E-state index in [9.17, 15) is 14.7 Å². The second-order valence-corrected chi connectivity index (χ2v) is 8.02. The first-order valence-corrected chi connectivity index (χ1v) is 10.2. The molecule has 0 atom stereocenters. The lowest BCUT2D eigenvalue weighted by Gasteiger charge is -2.35. The van der Waals surface area contributed by atoms with Gasteiger partial charge >= 0.3 is 0 Å². The molecule has 29 heavy (non-hydrogen) atoms. The van der Waals surface area contributed by atoms with E-state index in [-0.39, 0.29) is 17.6 Å². The molecule has 0 spiro atoms. The number of piperazine rings is 1. The van der Waals surface area contributed by atoms with Crippen molar-refractivity contribution in [1.29, 1.82) is 0 Å². The molecule has 1 fully saturated rings. The first-order chi connectivity index (χ1) is 13.9. The third-order valence-corrected chi connectivity index (χ3v) is 5.57. The van der Waals surface area contributed by atoms with Crippen LogP contribution in [-0.4, -0.2) is 57.9 Å². The number of rotatable bonds is 2. The van der Waals surface area contributed by atoms with Crippen LogP contribution in [0.2, 0.25) is 0 Å². The monoisotopic (exact) mass is 453 g/mol. The zero-order valence-corrected chi connectivity index (χ0v) is 17.5. The standard InChI is InChI=1S/C22H20BrN3O3/c1-14-11-19(18-13-16(23)5-6-20(18)24-14)22(29)26-9-7-25(8-10-26)21(28)15-3-2-4-17(27)12-15/h2-6,11-13,27H,7-10H2,1H3. The highest BCUT2D eigenvalue weighted by Crippen LogP contribution is 2.24. The summed E-state index contributed by atoms with van der Waals surface area (Å²) in [7, 11) is 0. The molecule has 0 radical (unpaired) electrons. The van der Waals surface area contributed by atoms with Crippen molar-refractivity contribution in [1.82, 2.24) is 14.8 Å². The minimum Gasteiger partial charge on any atom is -0.508 e. The van der Waals surface area contributed by atoms with E-state index in [4.69, 9.17) is 0 Å². The van der Waals surface area contributed by atoms with Gasteiger partial charge in [0.1, 0.15) is 5.75 Å². The molecule has 4 rings (SSSR count). The van der Waals surface area contributed by atoms with Crippen molar-refractivity contribution < 1.29 is 14.7 Å². The Labute approximate surface area is 176 Å². The zero-order valence-electron chi connectivity index (χ0n) is 15.9. The van der Waals surface area contributed by atoms with Crippen LogP contribution in [0.4, 0.5) is 0 Å². The summed E-state index contributed by atoms with van der Waals surface area (Å²) >= 11 is 3.47. The Hall–Kier alpha value is -2.93. The fraction of sp³-hybridized carbons (Fsp3) is 0.227. The van der Waals surface area contributed by atoms with Crippen LogP contribution in [0.5, 0.6) is 5.75 Å². The summed E-state index contributed by atoms with van der Waals surface area (Å²) in [6.45, 7) is 3.70. The number of carbonyl (C=O) groups excluding carboxylic acids is 2. The molecule has 1 aliphatic heterocycles. The number of carbonyl (C=O) groups is 2. The molecule has 1 N–H and O–H groups in total. The van der Waals surface area contributed by atoms with E-state index < -0.39 is 0 Å². The Bertz CT molecular complexity index is 1110. The molecule has 6 nitrogen and oxygen atoms in total. The van der Waals surface area contributed by atoms with E-state index in [0.29, 0.717) is 37.3 Å². The first-order valence-electron chi connectivity index (χ1n) is 9.37. The van der Waals surface area contributed by atoms with Gasteiger partial charge in [0.2, 0.25) is 0 Å². The first kappa shape index (κ1) is 19.4. The van der Waals surface area contributed by atoms with Crippen molar-refractivity contribution in [3.05, 3.63) is 69.8 Å². The molecule has 0 bridgehead atoms. The van der Waals surface area contributed by atoms with Crippen LogP contribution >= 0.6 is 15.9 Å². The minimum absolute atomic E-state index is 0.0527. The van der Waals surface area contributed by atoms with Crippen molar-refractivity contribution in [3.63, 3.8) is 0 Å². The number of halogens is 1. The van der Waals surface area contributed by atoms with Crippen LogP contribution in [0.1, 0.15) is 26.4 Å². The number of phenols is 1. The number of phenolic OH excluding ortho intramolecular Hbond substituents is 1. The third kappa shape index (κ3) is 3.96. The van der Waals surface area contributed by atoms with Crippen LogP contribution in [0, 0.1) is 6.92 Å². The second kappa shape index (κ2) is 7.83. The summed E-state index contributed by atoms with van der Waals surface area (Å²) in [6.07, 6.45) is 0. The maximum atomic E-state index is 13.2. The number of aryl methyl sites for hydroxylation is 1. The van der Waals surface area contributed by atoms with Gasteiger partial charge in [-0.3, -0.25) is 14.6 Å². The molecule has 1 aromatic heterocycles. The van der Waals surface area contributed by atoms with Crippen molar-refractivity contribution in [2.45, 2.75) is 6.92 Å². The summed E-state index contributed by atoms with van der Waals surface area (Å²) in [4.78, 5) is 33.9. The molecule has 7 heteroatoms. The lowest BCUT2D eigenvalue weighted by Crippen LogP contribution is -2.50. The molecular weight excluding hydrogens is 434 g/mol. The fourth-order valence-electron chi connectivity index (χ4n) is 3.61. The Morgan fingerprint density at radius 3 is 2.34 bits per heavy atom. The number of fused-ring (bicyclic) bond motifs is 1. The van der Waals surface area contributed by atoms with E-state index >= 15 is 0 Å². The van der Waals surface area contributed by atoms with Crippen LogP contribution < -0.4 is 0 Å². The summed E-state index contributed by atoms with van der Waals surface area (Å²) in [5.41, 5.74) is 2.65. The average molecular weight is 454 g/mol. The summed E-state index contributed by atoms with van der Waals surface area (Å²) < 4.78 is 0.895. The van der Waals surface area contributed by atoms with Gasteiger partial charge in [-0.15, -0.1) is 0 Å². The average Bonchev–Trinajstić information content (AvgIpc) is 2.72. The highest BCUT2D eigenvalue weighted by molar-refractivity contribution is 9.10. The molecule has 1 saturated heterocycles. The van der Waals surface area contributed by atoms with Gasteiger partial charge in [0.25, 0.3) is 11.8 Å². The highest BCUT2D eigenvalue weighted by Gasteiger charge is 2.26. The smallest absolute Gasteiger partial charge is 0.254 e. The van der Waals surface area contributed by atoms with Gasteiger partial charge in [0.15, 0.2) is 0 Å². The van der Waals surface area contributed by atoms with Crippen molar-refractivity contribution in [2.75, 3.05) is 26.2 Å². The number of pyridine rings is 1. The molecule has 148 valence electrons. The third-order valence-electron chi connectivity index (χ3n) is 5.08. The van der Waals surface area contributed by atoms with Gasteiger partial charge in [-0.05, 0) is 49.4 Å².